The van der Waals surface area contributed by atoms with Gasteiger partial charge in [-0.3, -0.25) is 0 Å². The third-order valence-electron chi connectivity index (χ3n) is 8.90. The minimum Gasteiger partial charge on any atom is -0.329 e. The first-order valence-electron chi connectivity index (χ1n) is 19.8. The van der Waals surface area contributed by atoms with Crippen LogP contribution in [0.4, 0.5) is 0 Å². The first-order valence-corrected chi connectivity index (χ1v) is 19.8. The van der Waals surface area contributed by atoms with Crippen LogP contribution in [-0.4, -0.2) is 44.2 Å². The number of hydrogen-bond donors (Lipinski definition) is 2. The Morgan fingerprint density at radius 2 is 0.721 bits per heavy atom. The van der Waals surface area contributed by atoms with Gasteiger partial charge in [0.25, 0.3) is 0 Å². The van der Waals surface area contributed by atoms with Crippen molar-refractivity contribution in [2.75, 3.05) is 39.3 Å². The van der Waals surface area contributed by atoms with E-state index in [9.17, 15) is 0 Å². The molecule has 3 nitrogen and oxygen atoms in total. The zero-order valence-corrected chi connectivity index (χ0v) is 29.9. The second-order valence-electron chi connectivity index (χ2n) is 13.3. The van der Waals surface area contributed by atoms with Crippen molar-refractivity contribution >= 4 is 0 Å². The fraction of sp³-hybridized carbons (Fsp3) is 0.900. The molecule has 0 aliphatic heterocycles. The topological polar surface area (TPSA) is 41.3 Å². The van der Waals surface area contributed by atoms with Crippen molar-refractivity contribution < 1.29 is 0 Å². The molecule has 0 amide bonds. The molecule has 0 radical (unpaired) electrons. The highest BCUT2D eigenvalue weighted by Crippen LogP contribution is 2.12. The maximum absolute atomic E-state index is 5.67. The normalized spacial score (nSPS) is 12.1. The van der Waals surface area contributed by atoms with Gasteiger partial charge in [0.1, 0.15) is 0 Å². The number of nitrogens with one attached hydrogen (secondary N) is 1. The van der Waals surface area contributed by atoms with Crippen LogP contribution >= 0.6 is 0 Å². The largest absolute Gasteiger partial charge is 0.329 e. The number of nitrogens with zero attached hydrogens (tertiary/aromatic N) is 1. The maximum atomic E-state index is 5.67. The molecule has 0 atom stereocenters. The molecular weight excluding hydrogens is 522 g/mol. The van der Waals surface area contributed by atoms with Crippen molar-refractivity contribution in [3.05, 3.63) is 24.3 Å². The van der Waals surface area contributed by atoms with Gasteiger partial charge in [-0.05, 0) is 77.3 Å². The summed E-state index contributed by atoms with van der Waals surface area (Å²) in [4.78, 5) is 2.72. The first-order chi connectivity index (χ1) is 21.3. The van der Waals surface area contributed by atoms with Gasteiger partial charge in [-0.15, -0.1) is 0 Å². The highest BCUT2D eigenvalue weighted by atomic mass is 15.1. The molecule has 0 saturated heterocycles. The van der Waals surface area contributed by atoms with Gasteiger partial charge >= 0.3 is 0 Å². The number of rotatable bonds is 37. The third kappa shape index (κ3) is 37.5. The van der Waals surface area contributed by atoms with Crippen molar-refractivity contribution in [2.45, 2.75) is 194 Å². The van der Waals surface area contributed by atoms with Gasteiger partial charge in [0.05, 0.1) is 0 Å². The van der Waals surface area contributed by atoms with Crippen molar-refractivity contribution in [1.29, 1.82) is 0 Å². The van der Waals surface area contributed by atoms with Gasteiger partial charge in [-0.1, -0.05) is 154 Å². The van der Waals surface area contributed by atoms with Crippen molar-refractivity contribution in [3.8, 4) is 0 Å². The third-order valence-corrected chi connectivity index (χ3v) is 8.90. The highest BCUT2D eigenvalue weighted by molar-refractivity contribution is 4.82. The number of nitrogens with two attached hydrogens (primary N) is 1. The average Bonchev–Trinajstić information content (AvgIpc) is 3.02. The fourth-order valence-corrected chi connectivity index (χ4v) is 5.97. The lowest BCUT2D eigenvalue weighted by atomic mass is 10.1. The molecule has 0 aromatic carbocycles. The summed E-state index contributed by atoms with van der Waals surface area (Å²) in [7, 11) is 0. The number of unbranched alkanes of at least 4 members (excludes halogenated alkanes) is 24. The molecule has 0 bridgehead atoms. The molecule has 0 fully saturated rings. The molecule has 43 heavy (non-hydrogen) atoms. The lowest BCUT2D eigenvalue weighted by Crippen LogP contribution is -2.35. The number of allylic oxidation sites excluding steroid dienone is 4. The average molecular weight is 604 g/mol. The Hall–Kier alpha value is -0.640. The van der Waals surface area contributed by atoms with E-state index >= 15 is 0 Å². The van der Waals surface area contributed by atoms with Crippen molar-refractivity contribution in [1.82, 2.24) is 10.2 Å². The lowest BCUT2D eigenvalue weighted by Gasteiger charge is -2.22. The van der Waals surface area contributed by atoms with Crippen molar-refractivity contribution in [2.24, 2.45) is 5.73 Å². The van der Waals surface area contributed by atoms with E-state index in [1.807, 2.05) is 0 Å². The molecular formula is C40H81N3. The van der Waals surface area contributed by atoms with Gasteiger partial charge in [0.2, 0.25) is 0 Å². The van der Waals surface area contributed by atoms with Crippen LogP contribution in [0, 0.1) is 0 Å². The Morgan fingerprint density at radius 1 is 0.395 bits per heavy atom. The van der Waals surface area contributed by atoms with Crippen LogP contribution in [0.25, 0.3) is 0 Å². The maximum Gasteiger partial charge on any atom is 0.0107 e. The van der Waals surface area contributed by atoms with E-state index in [2.05, 4.69) is 48.4 Å². The van der Waals surface area contributed by atoms with Crippen LogP contribution in [-0.2, 0) is 0 Å². The zero-order chi connectivity index (χ0) is 31.2. The molecule has 0 heterocycles. The van der Waals surface area contributed by atoms with Gasteiger partial charge in [0.15, 0.2) is 0 Å². The highest BCUT2D eigenvalue weighted by Gasteiger charge is 2.05. The van der Waals surface area contributed by atoms with Crippen LogP contribution in [0.1, 0.15) is 194 Å². The van der Waals surface area contributed by atoms with Crippen LogP contribution in [0.3, 0.4) is 0 Å². The van der Waals surface area contributed by atoms with Gasteiger partial charge in [0, 0.05) is 26.2 Å². The molecule has 3 N–H and O–H groups in total. The minimum atomic E-state index is 0.740. The predicted octanol–water partition coefficient (Wildman–Crippen LogP) is 11.9. The Morgan fingerprint density at radius 3 is 1.07 bits per heavy atom. The van der Waals surface area contributed by atoms with Gasteiger partial charge in [-0.25, -0.2) is 0 Å². The second-order valence-corrected chi connectivity index (χ2v) is 13.3. The van der Waals surface area contributed by atoms with Gasteiger partial charge in [-0.2, -0.15) is 0 Å². The van der Waals surface area contributed by atoms with E-state index < -0.39 is 0 Å². The van der Waals surface area contributed by atoms with E-state index in [1.54, 1.807) is 0 Å². The molecule has 0 aliphatic rings. The zero-order valence-electron chi connectivity index (χ0n) is 29.9. The van der Waals surface area contributed by atoms with E-state index in [0.29, 0.717) is 0 Å². The van der Waals surface area contributed by atoms with Gasteiger partial charge < -0.3 is 16.0 Å². The first kappa shape index (κ1) is 42.4. The number of hydrogen-bond acceptors (Lipinski definition) is 3. The Bertz CT molecular complexity index is 502. The second kappa shape index (κ2) is 39.4. The van der Waals surface area contributed by atoms with Crippen molar-refractivity contribution in [3.63, 3.8) is 0 Å². The van der Waals surface area contributed by atoms with E-state index in [-0.39, 0.29) is 0 Å². The summed E-state index contributed by atoms with van der Waals surface area (Å²) in [5.41, 5.74) is 5.67. The molecule has 0 aromatic heterocycles. The predicted molar refractivity (Wildman–Crippen MR) is 197 cm³/mol. The molecule has 0 aromatic rings. The minimum absolute atomic E-state index is 0.740. The van der Waals surface area contributed by atoms with Crippen LogP contribution in [0.2, 0.25) is 0 Å². The van der Waals surface area contributed by atoms with Crippen LogP contribution in [0.5, 0.6) is 0 Å². The van der Waals surface area contributed by atoms with Crippen LogP contribution < -0.4 is 11.1 Å². The smallest absolute Gasteiger partial charge is 0.0107 e. The van der Waals surface area contributed by atoms with E-state index in [4.69, 9.17) is 5.73 Å². The SMILES string of the molecule is CCCCCCCC/C=C\CCCCCCCCN(CCCCCCCC/C=C\CCCCCCCC)CCNCCN. The Labute approximate surface area is 272 Å². The standard InChI is InChI=1S/C40H81N3/c1-3-5-7-9-11-13-15-17-19-21-23-25-27-29-31-33-38-43(40-37-42-36-35-41)39-34-32-30-28-26-24-22-20-18-16-14-12-10-8-6-4-2/h17-20,42H,3-16,21-41H2,1-2H3/b19-17-,20-18-. The lowest BCUT2D eigenvalue weighted by molar-refractivity contribution is 0.260. The summed E-state index contributed by atoms with van der Waals surface area (Å²) in [5, 5.41) is 3.50. The summed E-state index contributed by atoms with van der Waals surface area (Å²) >= 11 is 0. The van der Waals surface area contributed by atoms with E-state index in [0.717, 1.165) is 19.6 Å². The summed E-state index contributed by atoms with van der Waals surface area (Å²) in [6.07, 6.45) is 48.5. The molecule has 3 heteroatoms. The van der Waals surface area contributed by atoms with E-state index in [1.165, 1.54) is 199 Å². The summed E-state index contributed by atoms with van der Waals surface area (Å²) < 4.78 is 0. The fourth-order valence-electron chi connectivity index (χ4n) is 5.97. The Kier molecular flexibility index (Phi) is 38.8. The molecule has 0 rings (SSSR count). The van der Waals surface area contributed by atoms with Crippen LogP contribution in [0.15, 0.2) is 24.3 Å². The summed E-state index contributed by atoms with van der Waals surface area (Å²) in [5.74, 6) is 0. The molecule has 0 saturated carbocycles. The molecule has 0 spiro atoms. The molecule has 0 aliphatic carbocycles. The quantitative estimate of drug-likeness (QED) is 0.0548. The molecule has 0 unspecified atom stereocenters. The molecule has 256 valence electrons. The Balaban J connectivity index is 3.69. The summed E-state index contributed by atoms with van der Waals surface area (Å²) in [6, 6.07) is 0. The monoisotopic (exact) mass is 604 g/mol. The summed E-state index contributed by atoms with van der Waals surface area (Å²) in [6.45, 7) is 11.1.